The molecule has 1 heterocycles. The molecule has 1 aliphatic heterocycles. The lowest BCUT2D eigenvalue weighted by atomic mass is 10.1. The number of morpholine rings is 1. The molecule has 2 unspecified atom stereocenters. The minimum absolute atomic E-state index is 0.00468. The number of nitrogens with zero attached hydrogens (tertiary/aromatic N) is 1. The van der Waals surface area contributed by atoms with Crippen LogP contribution in [-0.4, -0.2) is 37.0 Å². The van der Waals surface area contributed by atoms with Crippen molar-refractivity contribution in [2.45, 2.75) is 19.1 Å². The van der Waals surface area contributed by atoms with Crippen molar-refractivity contribution in [2.24, 2.45) is 0 Å². The summed E-state index contributed by atoms with van der Waals surface area (Å²) < 4.78 is 72.0. The third-order valence-electron chi connectivity index (χ3n) is 3.18. The molecule has 20 heavy (non-hydrogen) atoms. The number of hydrogen-bond donors (Lipinski definition) is 1. The summed E-state index contributed by atoms with van der Waals surface area (Å²) in [6.07, 6.45) is -0.749. The highest BCUT2D eigenvalue weighted by Gasteiger charge is 2.34. The molecule has 2 rings (SSSR count). The molecular weight excluding hydrogens is 285 g/mol. The maximum absolute atomic E-state index is 13.7. The molecule has 0 radical (unpaired) electrons. The lowest BCUT2D eigenvalue weighted by Gasteiger charge is -2.39. The number of halogens is 5. The van der Waals surface area contributed by atoms with Gasteiger partial charge in [0.25, 0.3) is 0 Å². The number of benzene rings is 1. The summed E-state index contributed by atoms with van der Waals surface area (Å²) in [6, 6.07) is -0.592. The summed E-state index contributed by atoms with van der Waals surface area (Å²) in [5, 5.41) is 8.99. The van der Waals surface area contributed by atoms with Gasteiger partial charge >= 0.3 is 0 Å². The van der Waals surface area contributed by atoms with Crippen molar-refractivity contribution < 1.29 is 31.8 Å². The van der Waals surface area contributed by atoms with Gasteiger partial charge < -0.3 is 14.7 Å². The molecule has 8 heteroatoms. The number of anilines is 1. The van der Waals surface area contributed by atoms with Crippen molar-refractivity contribution in [1.82, 2.24) is 0 Å². The predicted molar refractivity (Wildman–Crippen MR) is 59.9 cm³/mol. The van der Waals surface area contributed by atoms with Gasteiger partial charge in [-0.2, -0.15) is 0 Å². The Morgan fingerprint density at radius 2 is 1.55 bits per heavy atom. The summed E-state index contributed by atoms with van der Waals surface area (Å²) in [7, 11) is 0. The zero-order chi connectivity index (χ0) is 15.0. The fraction of sp³-hybridized carbons (Fsp3) is 0.500. The van der Waals surface area contributed by atoms with Crippen LogP contribution in [0.15, 0.2) is 0 Å². The molecule has 0 aliphatic carbocycles. The molecule has 112 valence electrons. The molecule has 0 spiro atoms. The summed E-state index contributed by atoms with van der Waals surface area (Å²) in [5.74, 6) is -9.93. The Kier molecular flexibility index (Phi) is 4.14. The van der Waals surface area contributed by atoms with Crippen LogP contribution in [0.2, 0.25) is 0 Å². The van der Waals surface area contributed by atoms with Crippen molar-refractivity contribution >= 4 is 5.69 Å². The summed E-state index contributed by atoms with van der Waals surface area (Å²) in [5.41, 5.74) is -0.990. The van der Waals surface area contributed by atoms with Gasteiger partial charge in [-0.1, -0.05) is 0 Å². The van der Waals surface area contributed by atoms with Gasteiger partial charge in [-0.05, 0) is 6.92 Å². The van der Waals surface area contributed by atoms with Gasteiger partial charge in [-0.3, -0.25) is 0 Å². The topological polar surface area (TPSA) is 32.7 Å². The average Bonchev–Trinajstić information content (AvgIpc) is 2.45. The van der Waals surface area contributed by atoms with Crippen LogP contribution in [0.4, 0.5) is 27.6 Å². The minimum Gasteiger partial charge on any atom is -0.394 e. The van der Waals surface area contributed by atoms with E-state index >= 15 is 0 Å². The lowest BCUT2D eigenvalue weighted by Crippen LogP contribution is -2.50. The van der Waals surface area contributed by atoms with E-state index in [1.165, 1.54) is 6.92 Å². The summed E-state index contributed by atoms with van der Waals surface area (Å²) in [6.45, 7) is 0.936. The first-order valence-electron chi connectivity index (χ1n) is 5.89. The van der Waals surface area contributed by atoms with Gasteiger partial charge in [0.1, 0.15) is 5.69 Å². The Morgan fingerprint density at radius 1 is 1.05 bits per heavy atom. The maximum Gasteiger partial charge on any atom is 0.200 e. The van der Waals surface area contributed by atoms with Crippen molar-refractivity contribution in [3.63, 3.8) is 0 Å². The molecule has 1 N–H and O–H groups in total. The van der Waals surface area contributed by atoms with Crippen LogP contribution in [0.1, 0.15) is 6.92 Å². The van der Waals surface area contributed by atoms with Gasteiger partial charge in [0, 0.05) is 12.6 Å². The summed E-state index contributed by atoms with van der Waals surface area (Å²) >= 11 is 0. The predicted octanol–water partition coefficient (Wildman–Crippen LogP) is 1.97. The van der Waals surface area contributed by atoms with Crippen LogP contribution in [0.3, 0.4) is 0 Å². The molecule has 0 aromatic heterocycles. The molecule has 1 aromatic rings. The highest BCUT2D eigenvalue weighted by atomic mass is 19.2. The number of aliphatic hydroxyl groups is 1. The Balaban J connectivity index is 2.51. The fourth-order valence-electron chi connectivity index (χ4n) is 2.08. The number of ether oxygens (including phenoxy) is 1. The third-order valence-corrected chi connectivity index (χ3v) is 3.18. The number of aliphatic hydroxyl groups excluding tert-OH is 1. The van der Waals surface area contributed by atoms with Crippen molar-refractivity contribution in [2.75, 3.05) is 24.7 Å². The number of rotatable bonds is 2. The van der Waals surface area contributed by atoms with Crippen LogP contribution in [0.5, 0.6) is 0 Å². The zero-order valence-corrected chi connectivity index (χ0v) is 10.5. The zero-order valence-electron chi connectivity index (χ0n) is 10.5. The van der Waals surface area contributed by atoms with Crippen LogP contribution < -0.4 is 4.90 Å². The first kappa shape index (κ1) is 15.0. The largest absolute Gasteiger partial charge is 0.394 e. The molecule has 3 nitrogen and oxygen atoms in total. The second-order valence-corrected chi connectivity index (χ2v) is 4.56. The molecule has 0 amide bonds. The Hall–Kier alpha value is -1.41. The first-order chi connectivity index (χ1) is 9.38. The van der Waals surface area contributed by atoms with Gasteiger partial charge in [0.05, 0.1) is 19.3 Å². The molecule has 0 bridgehead atoms. The van der Waals surface area contributed by atoms with Gasteiger partial charge in [0.2, 0.25) is 5.82 Å². The maximum atomic E-state index is 13.7. The van der Waals surface area contributed by atoms with E-state index in [0.29, 0.717) is 0 Å². The van der Waals surface area contributed by atoms with Crippen molar-refractivity contribution in [1.29, 1.82) is 0 Å². The highest BCUT2D eigenvalue weighted by molar-refractivity contribution is 5.52. The number of hydrogen-bond acceptors (Lipinski definition) is 3. The van der Waals surface area contributed by atoms with E-state index in [0.717, 1.165) is 4.90 Å². The van der Waals surface area contributed by atoms with Crippen LogP contribution in [0, 0.1) is 29.1 Å². The molecule has 1 fully saturated rings. The third kappa shape index (κ3) is 2.33. The van der Waals surface area contributed by atoms with E-state index in [1.54, 1.807) is 0 Å². The van der Waals surface area contributed by atoms with E-state index < -0.39 is 53.5 Å². The lowest BCUT2D eigenvalue weighted by molar-refractivity contribution is -0.0108. The van der Waals surface area contributed by atoms with Crippen LogP contribution in [-0.2, 0) is 4.74 Å². The fourth-order valence-corrected chi connectivity index (χ4v) is 2.08. The molecule has 2 atom stereocenters. The van der Waals surface area contributed by atoms with Gasteiger partial charge in [0.15, 0.2) is 23.3 Å². The van der Waals surface area contributed by atoms with Gasteiger partial charge in [-0.25, -0.2) is 22.0 Å². The standard InChI is InChI=1S/C12H12F5NO2/c1-5-4-20-6(3-19)2-18(5)12-10(16)8(14)7(13)9(15)11(12)17/h5-6,19H,2-4H2,1H3. The normalized spacial score (nSPS) is 23.2. The quantitative estimate of drug-likeness (QED) is 0.515. The van der Waals surface area contributed by atoms with E-state index in [4.69, 9.17) is 9.84 Å². The smallest absolute Gasteiger partial charge is 0.200 e. The van der Waals surface area contributed by atoms with Crippen molar-refractivity contribution in [3.05, 3.63) is 29.1 Å². The second kappa shape index (κ2) is 5.53. The monoisotopic (exact) mass is 297 g/mol. The molecule has 0 saturated carbocycles. The van der Waals surface area contributed by atoms with Crippen LogP contribution in [0.25, 0.3) is 0 Å². The Bertz CT molecular complexity index is 496. The SMILES string of the molecule is CC1COC(CO)CN1c1c(F)c(F)c(F)c(F)c1F. The molecule has 1 aromatic carbocycles. The van der Waals surface area contributed by atoms with Crippen LogP contribution >= 0.6 is 0 Å². The molecular formula is C12H12F5NO2. The summed E-state index contributed by atoms with van der Waals surface area (Å²) in [4.78, 5) is 1.01. The second-order valence-electron chi connectivity index (χ2n) is 4.56. The van der Waals surface area contributed by atoms with Gasteiger partial charge in [-0.15, -0.1) is 0 Å². The first-order valence-corrected chi connectivity index (χ1v) is 5.89. The Labute approximate surface area is 111 Å². The van der Waals surface area contributed by atoms with Crippen molar-refractivity contribution in [3.8, 4) is 0 Å². The van der Waals surface area contributed by atoms with E-state index in [2.05, 4.69) is 0 Å². The molecule has 1 saturated heterocycles. The highest BCUT2D eigenvalue weighted by Crippen LogP contribution is 2.32. The molecule has 1 aliphatic rings. The van der Waals surface area contributed by atoms with E-state index in [9.17, 15) is 22.0 Å². The Morgan fingerprint density at radius 3 is 2.05 bits per heavy atom. The minimum atomic E-state index is -2.19. The average molecular weight is 297 g/mol. The van der Waals surface area contributed by atoms with E-state index in [1.807, 2.05) is 0 Å². The van der Waals surface area contributed by atoms with E-state index in [-0.39, 0.29) is 13.2 Å².